The van der Waals surface area contributed by atoms with Crippen molar-refractivity contribution in [1.29, 1.82) is 0 Å². The predicted molar refractivity (Wildman–Crippen MR) is 107 cm³/mol. The van der Waals surface area contributed by atoms with E-state index in [1.807, 2.05) is 32.9 Å². The summed E-state index contributed by atoms with van der Waals surface area (Å²) in [6.45, 7) is 7.57. The number of esters is 1. The molecule has 1 aromatic heterocycles. The summed E-state index contributed by atoms with van der Waals surface area (Å²) in [5, 5.41) is 5.92. The maximum atomic E-state index is 12.5. The number of benzene rings is 1. The second-order valence-corrected chi connectivity index (χ2v) is 7.78. The summed E-state index contributed by atoms with van der Waals surface area (Å²) in [7, 11) is 0. The molecule has 2 N–H and O–H groups in total. The van der Waals surface area contributed by atoms with Crippen molar-refractivity contribution in [3.8, 4) is 5.75 Å². The van der Waals surface area contributed by atoms with Gasteiger partial charge in [-0.05, 0) is 51.0 Å². The molecule has 28 heavy (non-hydrogen) atoms. The molecule has 0 saturated carbocycles. The number of ether oxygens (including phenoxy) is 2. The number of rotatable bonds is 5. The smallest absolute Gasteiger partial charge is 0.341 e. The fraction of sp³-hybridized carbons (Fsp3) is 0.350. The third-order valence-electron chi connectivity index (χ3n) is 4.44. The van der Waals surface area contributed by atoms with Crippen LogP contribution in [0, 0.1) is 20.8 Å². The Balaban J connectivity index is 1.73. The van der Waals surface area contributed by atoms with E-state index in [-0.39, 0.29) is 18.9 Å². The van der Waals surface area contributed by atoms with E-state index in [0.29, 0.717) is 22.0 Å². The van der Waals surface area contributed by atoms with Gasteiger partial charge in [0, 0.05) is 4.88 Å². The number of fused-ring (bicyclic) bond motifs is 1. The van der Waals surface area contributed by atoms with Crippen molar-refractivity contribution >= 4 is 39.8 Å². The number of carbonyl (C=O) groups excluding carboxylic acids is 3. The highest BCUT2D eigenvalue weighted by Gasteiger charge is 2.31. The number of amides is 2. The van der Waals surface area contributed by atoms with Crippen LogP contribution in [0.5, 0.6) is 5.75 Å². The molecule has 0 fully saturated rings. The lowest BCUT2D eigenvalue weighted by Crippen LogP contribution is -2.39. The van der Waals surface area contributed by atoms with E-state index in [2.05, 4.69) is 10.6 Å². The summed E-state index contributed by atoms with van der Waals surface area (Å²) in [6.07, 6.45) is -1.11. The fourth-order valence-electron chi connectivity index (χ4n) is 2.91. The molecule has 1 aliphatic rings. The molecule has 3 rings (SSSR count). The van der Waals surface area contributed by atoms with Gasteiger partial charge < -0.3 is 20.1 Å². The van der Waals surface area contributed by atoms with Crippen LogP contribution in [0.2, 0.25) is 0 Å². The normalized spacial score (nSPS) is 15.3. The van der Waals surface area contributed by atoms with Crippen molar-refractivity contribution in [2.75, 3.05) is 17.2 Å². The highest BCUT2D eigenvalue weighted by Crippen LogP contribution is 2.34. The third kappa shape index (κ3) is 4.01. The molecule has 1 unspecified atom stereocenters. The topological polar surface area (TPSA) is 93.7 Å². The van der Waals surface area contributed by atoms with Crippen molar-refractivity contribution in [2.45, 2.75) is 40.2 Å². The van der Waals surface area contributed by atoms with Gasteiger partial charge in [-0.1, -0.05) is 6.07 Å². The minimum atomic E-state index is -0.941. The number of thiophene rings is 1. The van der Waals surface area contributed by atoms with Gasteiger partial charge in [0.1, 0.15) is 10.8 Å². The Bertz CT molecular complexity index is 950. The van der Waals surface area contributed by atoms with Gasteiger partial charge >= 0.3 is 5.97 Å². The number of anilines is 2. The summed E-state index contributed by atoms with van der Waals surface area (Å²) < 4.78 is 10.8. The molecule has 0 spiro atoms. The lowest BCUT2D eigenvalue weighted by Gasteiger charge is -2.25. The monoisotopic (exact) mass is 402 g/mol. The van der Waals surface area contributed by atoms with E-state index >= 15 is 0 Å². The zero-order chi connectivity index (χ0) is 20.4. The van der Waals surface area contributed by atoms with E-state index in [0.717, 1.165) is 16.0 Å². The lowest BCUT2D eigenvalue weighted by molar-refractivity contribution is -0.128. The number of aryl methyl sites for hydroxylation is 2. The minimum Gasteiger partial charge on any atom is -0.478 e. The Hall–Kier alpha value is -2.87. The number of hydrogen-bond acceptors (Lipinski definition) is 6. The van der Waals surface area contributed by atoms with Crippen LogP contribution in [0.15, 0.2) is 18.2 Å². The molecule has 0 bridgehead atoms. The summed E-state index contributed by atoms with van der Waals surface area (Å²) in [5.74, 6) is -0.742. The van der Waals surface area contributed by atoms with E-state index in [9.17, 15) is 14.4 Å². The summed E-state index contributed by atoms with van der Waals surface area (Å²) in [5.41, 5.74) is 2.71. The highest BCUT2D eigenvalue weighted by atomic mass is 32.1. The van der Waals surface area contributed by atoms with Gasteiger partial charge in [-0.25, -0.2) is 4.79 Å². The standard InChI is InChI=1S/C20H22N2O5S/c1-5-26-20(25)17-11(3)12(4)28-19(17)22-16(23)9-15-18(24)21-13-8-10(2)6-7-14(13)27-15/h6-8,15H,5,9H2,1-4H3,(H,21,24)(H,22,23). The zero-order valence-electron chi connectivity index (χ0n) is 16.2. The fourth-order valence-corrected chi connectivity index (χ4v) is 3.97. The maximum absolute atomic E-state index is 12.5. The Morgan fingerprint density at radius 3 is 2.75 bits per heavy atom. The van der Waals surface area contributed by atoms with Gasteiger partial charge in [0.05, 0.1) is 24.3 Å². The molecule has 2 amide bonds. The Morgan fingerprint density at radius 1 is 1.29 bits per heavy atom. The molecule has 2 heterocycles. The van der Waals surface area contributed by atoms with Crippen molar-refractivity contribution in [3.05, 3.63) is 39.8 Å². The highest BCUT2D eigenvalue weighted by molar-refractivity contribution is 7.16. The summed E-state index contributed by atoms with van der Waals surface area (Å²) in [6, 6.07) is 5.45. The van der Waals surface area contributed by atoms with Crippen LogP contribution in [-0.2, 0) is 14.3 Å². The molecular weight excluding hydrogens is 380 g/mol. The number of hydrogen-bond donors (Lipinski definition) is 2. The van der Waals surface area contributed by atoms with Crippen LogP contribution in [0.1, 0.15) is 39.7 Å². The first-order valence-electron chi connectivity index (χ1n) is 8.95. The van der Waals surface area contributed by atoms with E-state index < -0.39 is 18.0 Å². The first-order valence-corrected chi connectivity index (χ1v) is 9.77. The quantitative estimate of drug-likeness (QED) is 0.746. The molecule has 148 valence electrons. The first-order chi connectivity index (χ1) is 13.3. The van der Waals surface area contributed by atoms with Crippen molar-refractivity contribution in [2.24, 2.45) is 0 Å². The lowest BCUT2D eigenvalue weighted by atomic mass is 10.1. The number of nitrogens with one attached hydrogen (secondary N) is 2. The van der Waals surface area contributed by atoms with Gasteiger partial charge in [0.2, 0.25) is 5.91 Å². The molecule has 2 aromatic rings. The largest absolute Gasteiger partial charge is 0.478 e. The second kappa shape index (κ2) is 8.02. The average molecular weight is 402 g/mol. The van der Waals surface area contributed by atoms with Crippen LogP contribution in [-0.4, -0.2) is 30.5 Å². The molecule has 0 saturated heterocycles. The van der Waals surface area contributed by atoms with Gasteiger partial charge in [-0.2, -0.15) is 0 Å². The van der Waals surface area contributed by atoms with Crippen LogP contribution in [0.4, 0.5) is 10.7 Å². The van der Waals surface area contributed by atoms with Crippen LogP contribution in [0.3, 0.4) is 0 Å². The molecule has 1 aliphatic heterocycles. The van der Waals surface area contributed by atoms with Crippen LogP contribution < -0.4 is 15.4 Å². The molecule has 1 atom stereocenters. The van der Waals surface area contributed by atoms with Crippen molar-refractivity contribution in [1.82, 2.24) is 0 Å². The van der Waals surface area contributed by atoms with Crippen molar-refractivity contribution < 1.29 is 23.9 Å². The van der Waals surface area contributed by atoms with Crippen molar-refractivity contribution in [3.63, 3.8) is 0 Å². The third-order valence-corrected chi connectivity index (χ3v) is 5.57. The molecule has 7 nitrogen and oxygen atoms in total. The molecular formula is C20H22N2O5S. The predicted octanol–water partition coefficient (Wildman–Crippen LogP) is 3.58. The van der Waals surface area contributed by atoms with E-state index in [1.165, 1.54) is 11.3 Å². The second-order valence-electron chi connectivity index (χ2n) is 6.56. The van der Waals surface area contributed by atoms with Gasteiger partial charge in [-0.15, -0.1) is 11.3 Å². The van der Waals surface area contributed by atoms with E-state index in [4.69, 9.17) is 9.47 Å². The Labute approximate surface area is 167 Å². The van der Waals surface area contributed by atoms with Crippen LogP contribution in [0.25, 0.3) is 0 Å². The molecule has 8 heteroatoms. The minimum absolute atomic E-state index is 0.169. The molecule has 1 aromatic carbocycles. The Kier molecular flexibility index (Phi) is 5.69. The Morgan fingerprint density at radius 2 is 2.04 bits per heavy atom. The molecule has 0 radical (unpaired) electrons. The maximum Gasteiger partial charge on any atom is 0.341 e. The van der Waals surface area contributed by atoms with Crippen LogP contribution >= 0.6 is 11.3 Å². The zero-order valence-corrected chi connectivity index (χ0v) is 17.0. The number of carbonyl (C=O) groups is 3. The van der Waals surface area contributed by atoms with Gasteiger partial charge in [-0.3, -0.25) is 9.59 Å². The first kappa shape index (κ1) is 19.9. The van der Waals surface area contributed by atoms with E-state index in [1.54, 1.807) is 13.0 Å². The van der Waals surface area contributed by atoms with Gasteiger partial charge in [0.15, 0.2) is 6.10 Å². The summed E-state index contributed by atoms with van der Waals surface area (Å²) in [4.78, 5) is 38.0. The summed E-state index contributed by atoms with van der Waals surface area (Å²) >= 11 is 1.30. The molecule has 0 aliphatic carbocycles. The average Bonchev–Trinajstić information content (AvgIpc) is 2.89. The SMILES string of the molecule is CCOC(=O)c1c(NC(=O)CC2Oc3ccc(C)cc3NC2=O)sc(C)c1C. The van der Waals surface area contributed by atoms with Gasteiger partial charge in [0.25, 0.3) is 5.91 Å².